The van der Waals surface area contributed by atoms with Crippen LogP contribution in [0.1, 0.15) is 51.5 Å². The number of hydrogen-bond donors (Lipinski definition) is 4. The number of aromatic hydroxyl groups is 2. The Hall–Kier alpha value is -5.52. The van der Waals surface area contributed by atoms with Gasteiger partial charge in [-0.25, -0.2) is 0 Å². The second-order valence-electron chi connectivity index (χ2n) is 12.0. The second-order valence-corrected chi connectivity index (χ2v) is 12.0. The van der Waals surface area contributed by atoms with Crippen molar-refractivity contribution in [1.29, 1.82) is 0 Å². The normalized spacial score (nSPS) is 11.8. The van der Waals surface area contributed by atoms with Crippen molar-refractivity contribution in [1.82, 2.24) is 30.6 Å². The van der Waals surface area contributed by atoms with Gasteiger partial charge in [0.05, 0.1) is 22.8 Å². The highest BCUT2D eigenvalue weighted by atomic mass is 16.5. The summed E-state index contributed by atoms with van der Waals surface area (Å²) in [5.74, 6) is 0.250. The minimum Gasteiger partial charge on any atom is -0.507 e. The molecule has 4 N–H and O–H groups in total. The summed E-state index contributed by atoms with van der Waals surface area (Å²) in [6.07, 6.45) is 7.64. The standard InChI is InChI=1S/C41H42N6O4/c1-50-40(34-18-3-7-24-44-34,35-19-4-8-25-45-35)32-16-11-14-30(38(32)48)28-42-22-13-23-43-29-31-15-12-17-33(39(31)49)41(51-2,36-20-5-9-26-46-36)37-21-6-10-27-47-37/h3-12,14-21,24-27,42-43,48-49H,13,22-23,28-29H2,1-2H3. The third-order valence-electron chi connectivity index (χ3n) is 9.05. The van der Waals surface area contributed by atoms with Crippen LogP contribution in [0.4, 0.5) is 0 Å². The molecule has 0 amide bonds. The Labute approximate surface area is 298 Å². The molecule has 2 aromatic carbocycles. The molecule has 0 aliphatic heterocycles. The summed E-state index contributed by atoms with van der Waals surface area (Å²) in [7, 11) is 3.21. The molecule has 6 aromatic rings. The number of methoxy groups -OCH3 is 2. The highest BCUT2D eigenvalue weighted by Gasteiger charge is 2.43. The summed E-state index contributed by atoms with van der Waals surface area (Å²) in [6.45, 7) is 2.30. The van der Waals surface area contributed by atoms with Gasteiger partial charge in [0, 0.05) is 74.4 Å². The first-order valence-corrected chi connectivity index (χ1v) is 16.9. The fraction of sp³-hybridized carbons (Fsp3) is 0.220. The SMILES string of the molecule is COC(c1ccccn1)(c1ccccn1)c1cccc(CNCCCNCc2cccc(C(OC)(c3ccccn3)c3ccccn3)c2O)c1O. The molecule has 0 saturated carbocycles. The van der Waals surface area contributed by atoms with Gasteiger partial charge in [-0.05, 0) is 68.0 Å². The van der Waals surface area contributed by atoms with Crippen LogP contribution in [-0.2, 0) is 33.8 Å². The van der Waals surface area contributed by atoms with Gasteiger partial charge in [0.15, 0.2) is 11.2 Å². The zero-order valence-corrected chi connectivity index (χ0v) is 28.7. The van der Waals surface area contributed by atoms with Gasteiger partial charge in [0.1, 0.15) is 11.5 Å². The number of nitrogens with zero attached hydrogens (tertiary/aromatic N) is 4. The first-order chi connectivity index (χ1) is 25.1. The van der Waals surface area contributed by atoms with Crippen LogP contribution in [0.5, 0.6) is 11.5 Å². The number of ether oxygens (including phenoxy) is 2. The van der Waals surface area contributed by atoms with Crippen molar-refractivity contribution in [3.05, 3.63) is 179 Å². The van der Waals surface area contributed by atoms with Gasteiger partial charge < -0.3 is 30.3 Å². The molecule has 0 aliphatic carbocycles. The number of pyridine rings is 4. The summed E-state index contributed by atoms with van der Waals surface area (Å²) in [4.78, 5) is 18.4. The lowest BCUT2D eigenvalue weighted by Gasteiger charge is -2.33. The maximum Gasteiger partial charge on any atom is 0.180 e. The van der Waals surface area contributed by atoms with Crippen LogP contribution in [0.3, 0.4) is 0 Å². The number of hydrogen-bond acceptors (Lipinski definition) is 10. The summed E-state index contributed by atoms with van der Waals surface area (Å²) < 4.78 is 12.4. The van der Waals surface area contributed by atoms with Crippen molar-refractivity contribution < 1.29 is 19.7 Å². The molecular weight excluding hydrogens is 640 g/mol. The van der Waals surface area contributed by atoms with E-state index in [1.165, 1.54) is 0 Å². The van der Waals surface area contributed by atoms with Crippen LogP contribution in [0, 0.1) is 0 Å². The Morgan fingerprint density at radius 3 is 1.14 bits per heavy atom. The topological polar surface area (TPSA) is 135 Å². The lowest BCUT2D eigenvalue weighted by molar-refractivity contribution is 0.0488. The van der Waals surface area contributed by atoms with Gasteiger partial charge >= 0.3 is 0 Å². The molecule has 6 rings (SSSR count). The number of benzene rings is 2. The van der Waals surface area contributed by atoms with Crippen molar-refractivity contribution >= 4 is 0 Å². The van der Waals surface area contributed by atoms with Gasteiger partial charge in [-0.3, -0.25) is 19.9 Å². The molecule has 0 spiro atoms. The predicted molar refractivity (Wildman–Crippen MR) is 195 cm³/mol. The van der Waals surface area contributed by atoms with E-state index in [0.29, 0.717) is 60.1 Å². The van der Waals surface area contributed by atoms with Gasteiger partial charge in [0.25, 0.3) is 0 Å². The molecule has 10 heteroatoms. The number of aromatic nitrogens is 4. The van der Waals surface area contributed by atoms with Gasteiger partial charge in [-0.1, -0.05) is 60.7 Å². The quantitative estimate of drug-likeness (QED) is 0.0925. The number of phenols is 2. The minimum atomic E-state index is -1.20. The van der Waals surface area contributed by atoms with E-state index in [9.17, 15) is 10.2 Å². The molecule has 0 saturated heterocycles. The molecule has 10 nitrogen and oxygen atoms in total. The van der Waals surface area contributed by atoms with Crippen molar-refractivity contribution in [2.45, 2.75) is 30.7 Å². The highest BCUT2D eigenvalue weighted by Crippen LogP contribution is 2.44. The lowest BCUT2D eigenvalue weighted by Crippen LogP contribution is -2.34. The van der Waals surface area contributed by atoms with Crippen LogP contribution in [-0.4, -0.2) is 57.5 Å². The Balaban J connectivity index is 1.11. The molecule has 4 heterocycles. The molecule has 51 heavy (non-hydrogen) atoms. The van der Waals surface area contributed by atoms with E-state index in [4.69, 9.17) is 9.47 Å². The first-order valence-electron chi connectivity index (χ1n) is 16.9. The monoisotopic (exact) mass is 682 g/mol. The zero-order valence-electron chi connectivity index (χ0n) is 28.7. The van der Waals surface area contributed by atoms with E-state index in [1.807, 2.05) is 109 Å². The van der Waals surface area contributed by atoms with Crippen molar-refractivity contribution in [3.63, 3.8) is 0 Å². The molecule has 0 aliphatic rings. The number of para-hydroxylation sites is 2. The smallest absolute Gasteiger partial charge is 0.180 e. The van der Waals surface area contributed by atoms with E-state index in [-0.39, 0.29) is 11.5 Å². The Morgan fingerprint density at radius 1 is 0.490 bits per heavy atom. The third kappa shape index (κ3) is 7.08. The molecule has 0 bridgehead atoms. The highest BCUT2D eigenvalue weighted by molar-refractivity contribution is 5.53. The Bertz CT molecular complexity index is 1760. The van der Waals surface area contributed by atoms with Crippen LogP contribution in [0.15, 0.2) is 134 Å². The van der Waals surface area contributed by atoms with Gasteiger partial charge in [0.2, 0.25) is 0 Å². The summed E-state index contributed by atoms with van der Waals surface area (Å²) in [5, 5.41) is 30.1. The van der Waals surface area contributed by atoms with Gasteiger partial charge in [-0.2, -0.15) is 0 Å². The zero-order chi connectivity index (χ0) is 35.5. The van der Waals surface area contributed by atoms with Crippen LogP contribution >= 0.6 is 0 Å². The van der Waals surface area contributed by atoms with Crippen molar-refractivity contribution in [2.75, 3.05) is 27.3 Å². The van der Waals surface area contributed by atoms with E-state index in [0.717, 1.165) is 17.5 Å². The average Bonchev–Trinajstić information content (AvgIpc) is 3.19. The molecule has 0 atom stereocenters. The van der Waals surface area contributed by atoms with Crippen molar-refractivity contribution in [3.8, 4) is 11.5 Å². The second kappa shape index (κ2) is 16.5. The number of rotatable bonds is 16. The van der Waals surface area contributed by atoms with E-state index in [1.54, 1.807) is 39.0 Å². The third-order valence-corrected chi connectivity index (χ3v) is 9.05. The largest absolute Gasteiger partial charge is 0.507 e. The van der Waals surface area contributed by atoms with Crippen LogP contribution in [0.2, 0.25) is 0 Å². The summed E-state index contributed by atoms with van der Waals surface area (Å²) >= 11 is 0. The summed E-state index contributed by atoms with van der Waals surface area (Å²) in [5.41, 5.74) is 2.68. The molecule has 0 fully saturated rings. The first kappa shape index (κ1) is 35.3. The molecule has 0 radical (unpaired) electrons. The number of nitrogens with one attached hydrogen (secondary N) is 2. The van der Waals surface area contributed by atoms with E-state index < -0.39 is 11.2 Å². The van der Waals surface area contributed by atoms with Crippen LogP contribution in [0.25, 0.3) is 0 Å². The summed E-state index contributed by atoms with van der Waals surface area (Å²) in [6, 6.07) is 33.8. The molecule has 260 valence electrons. The fourth-order valence-corrected chi connectivity index (χ4v) is 6.56. The molecule has 0 unspecified atom stereocenters. The van der Waals surface area contributed by atoms with Crippen LogP contribution < -0.4 is 10.6 Å². The maximum absolute atomic E-state index is 11.6. The average molecular weight is 683 g/mol. The van der Waals surface area contributed by atoms with E-state index in [2.05, 4.69) is 30.6 Å². The predicted octanol–water partition coefficient (Wildman–Crippen LogP) is 5.82. The lowest BCUT2D eigenvalue weighted by atomic mass is 9.84. The van der Waals surface area contributed by atoms with Crippen molar-refractivity contribution in [2.24, 2.45) is 0 Å². The molecular formula is C41H42N6O4. The Morgan fingerprint density at radius 2 is 0.843 bits per heavy atom. The number of phenolic OH excluding ortho intramolecular Hbond substituents is 2. The molecule has 4 aromatic heterocycles. The fourth-order valence-electron chi connectivity index (χ4n) is 6.56. The minimum absolute atomic E-state index is 0.125. The van der Waals surface area contributed by atoms with E-state index >= 15 is 0 Å². The maximum atomic E-state index is 11.6. The Kier molecular flexibility index (Phi) is 11.4. The van der Waals surface area contributed by atoms with Gasteiger partial charge in [-0.15, -0.1) is 0 Å².